The van der Waals surface area contributed by atoms with Crippen molar-refractivity contribution < 1.29 is 37.0 Å². The molecular weight excluding hydrogens is 516 g/mol. The standard InChI is InChI=1S/C22H27FN3O8PS/c1-12(2)31-20(27)14(4)25-35(29,34-15-8-6-5-7-9-15)30-11-22-17(32-22)16(23)19(33-22)26-10-13(3)18(36)24-21(26)28/h5-10,12,14,16-17,19H,11H2,1-4H3,(H,25,29)(H,24,28,36)/t14-,16?,17-,19-,22?,35?/m0/s1. The van der Waals surface area contributed by atoms with Crippen LogP contribution >= 0.6 is 20.0 Å². The molecule has 2 fully saturated rings. The fourth-order valence-corrected chi connectivity index (χ4v) is 5.30. The number of nitrogens with zero attached hydrogens (tertiary/aromatic N) is 1. The van der Waals surface area contributed by atoms with E-state index in [0.717, 1.165) is 4.57 Å². The Morgan fingerprint density at radius 3 is 2.67 bits per heavy atom. The van der Waals surface area contributed by atoms with Gasteiger partial charge in [0.25, 0.3) is 0 Å². The van der Waals surface area contributed by atoms with Gasteiger partial charge in [-0.05, 0) is 39.8 Å². The maximum Gasteiger partial charge on any atom is 0.459 e. The highest BCUT2D eigenvalue weighted by molar-refractivity contribution is 7.71. The number of H-pyrrole nitrogens is 1. The Kier molecular flexibility index (Phi) is 7.52. The van der Waals surface area contributed by atoms with Gasteiger partial charge in [0.15, 0.2) is 18.5 Å². The summed E-state index contributed by atoms with van der Waals surface area (Å²) in [6, 6.07) is 7.12. The number of aromatic amines is 1. The van der Waals surface area contributed by atoms with Crippen LogP contribution in [0.25, 0.3) is 0 Å². The van der Waals surface area contributed by atoms with Crippen LogP contribution in [-0.4, -0.2) is 52.3 Å². The molecule has 0 aliphatic carbocycles. The van der Waals surface area contributed by atoms with Crippen LogP contribution in [0.3, 0.4) is 0 Å². The quantitative estimate of drug-likeness (QED) is 0.199. The minimum absolute atomic E-state index is 0.207. The van der Waals surface area contributed by atoms with Gasteiger partial charge in [0, 0.05) is 11.8 Å². The summed E-state index contributed by atoms with van der Waals surface area (Å²) in [5.41, 5.74) is -0.0905. The Labute approximate surface area is 211 Å². The predicted molar refractivity (Wildman–Crippen MR) is 128 cm³/mol. The number of carbonyl (C=O) groups excluding carboxylic acids is 1. The topological polar surface area (TPSA) is 133 Å². The maximum atomic E-state index is 15.1. The number of rotatable bonds is 10. The number of hydrogen-bond donors (Lipinski definition) is 2. The molecule has 2 saturated heterocycles. The number of benzene rings is 1. The second-order valence-electron chi connectivity index (χ2n) is 8.79. The van der Waals surface area contributed by atoms with Crippen molar-refractivity contribution >= 4 is 25.9 Å². The molecule has 1 aromatic heterocycles. The third kappa shape index (κ3) is 5.61. The molecule has 2 aromatic rings. The van der Waals surface area contributed by atoms with Gasteiger partial charge in [-0.15, -0.1) is 0 Å². The summed E-state index contributed by atoms with van der Waals surface area (Å²) in [7, 11) is -4.22. The summed E-state index contributed by atoms with van der Waals surface area (Å²) >= 11 is 5.04. The van der Waals surface area contributed by atoms with Crippen molar-refractivity contribution in [2.75, 3.05) is 6.61 Å². The van der Waals surface area contributed by atoms with Crippen LogP contribution in [0, 0.1) is 11.6 Å². The summed E-state index contributed by atoms with van der Waals surface area (Å²) in [6.45, 7) is 5.96. The summed E-state index contributed by atoms with van der Waals surface area (Å²) in [5.74, 6) is -2.05. The lowest BCUT2D eigenvalue weighted by molar-refractivity contribution is -0.151. The molecule has 0 spiro atoms. The monoisotopic (exact) mass is 543 g/mol. The molecule has 0 radical (unpaired) electrons. The number of epoxide rings is 1. The number of fused-ring (bicyclic) bond motifs is 1. The Morgan fingerprint density at radius 1 is 1.31 bits per heavy atom. The summed E-state index contributed by atoms with van der Waals surface area (Å²) in [4.78, 5) is 27.1. The van der Waals surface area contributed by atoms with E-state index in [2.05, 4.69) is 10.1 Å². The lowest BCUT2D eigenvalue weighted by Crippen LogP contribution is -2.37. The number of hydrogen-bond acceptors (Lipinski definition) is 9. The van der Waals surface area contributed by atoms with Crippen LogP contribution in [0.4, 0.5) is 4.39 Å². The number of aromatic nitrogens is 2. The zero-order valence-corrected chi connectivity index (χ0v) is 21.7. The average Bonchev–Trinajstić information content (AvgIpc) is 3.46. The highest BCUT2D eigenvalue weighted by atomic mass is 32.1. The molecule has 1 aromatic carbocycles. The van der Waals surface area contributed by atoms with Crippen LogP contribution in [0.15, 0.2) is 41.3 Å². The largest absolute Gasteiger partial charge is 0.462 e. The average molecular weight is 544 g/mol. The van der Waals surface area contributed by atoms with Gasteiger partial charge in [-0.25, -0.2) is 13.8 Å². The van der Waals surface area contributed by atoms with Crippen molar-refractivity contribution in [3.63, 3.8) is 0 Å². The van der Waals surface area contributed by atoms with Gasteiger partial charge in [-0.2, -0.15) is 5.09 Å². The van der Waals surface area contributed by atoms with Crippen molar-refractivity contribution in [3.8, 4) is 5.75 Å². The number of nitrogens with one attached hydrogen (secondary N) is 2. The smallest absolute Gasteiger partial charge is 0.459 e. The van der Waals surface area contributed by atoms with Gasteiger partial charge in [0.05, 0.1) is 6.10 Å². The van der Waals surface area contributed by atoms with Gasteiger partial charge < -0.3 is 18.7 Å². The number of esters is 1. The molecule has 4 rings (SSSR count). The van der Waals surface area contributed by atoms with E-state index in [0.29, 0.717) is 5.56 Å². The minimum Gasteiger partial charge on any atom is -0.462 e. The van der Waals surface area contributed by atoms with Crippen molar-refractivity contribution in [2.45, 2.75) is 64.1 Å². The second kappa shape index (κ2) is 10.2. The van der Waals surface area contributed by atoms with Crippen LogP contribution in [0.2, 0.25) is 0 Å². The van der Waals surface area contributed by atoms with Gasteiger partial charge in [0.2, 0.25) is 5.79 Å². The third-order valence-electron chi connectivity index (χ3n) is 5.47. The van der Waals surface area contributed by atoms with Crippen LogP contribution < -0.4 is 15.3 Å². The highest BCUT2D eigenvalue weighted by Gasteiger charge is 2.72. The van der Waals surface area contributed by atoms with E-state index in [-0.39, 0.29) is 16.5 Å². The molecule has 196 valence electrons. The van der Waals surface area contributed by atoms with E-state index in [1.807, 2.05) is 0 Å². The summed E-state index contributed by atoms with van der Waals surface area (Å²) < 4.78 is 57.4. The number of carbonyl (C=O) groups is 1. The first-order valence-electron chi connectivity index (χ1n) is 11.2. The molecule has 11 nitrogen and oxygen atoms in total. The zero-order valence-electron chi connectivity index (χ0n) is 20.0. The molecule has 3 unspecified atom stereocenters. The molecular formula is C22H27FN3O8PS. The number of para-hydroxylation sites is 1. The first-order valence-corrected chi connectivity index (χ1v) is 13.2. The third-order valence-corrected chi connectivity index (χ3v) is 7.51. The summed E-state index contributed by atoms with van der Waals surface area (Å²) in [5, 5.41) is 2.54. The summed E-state index contributed by atoms with van der Waals surface area (Å²) in [6.07, 6.45) is -3.08. The Bertz CT molecular complexity index is 1290. The Balaban J connectivity index is 1.51. The number of halogens is 1. The van der Waals surface area contributed by atoms with E-state index in [9.17, 15) is 14.2 Å². The normalized spacial score (nSPS) is 27.2. The number of alkyl halides is 1. The zero-order chi connectivity index (χ0) is 26.3. The molecule has 0 bridgehead atoms. The van der Waals surface area contributed by atoms with E-state index >= 15 is 4.39 Å². The second-order valence-corrected chi connectivity index (χ2v) is 10.9. The molecule has 2 aliphatic rings. The van der Waals surface area contributed by atoms with Gasteiger partial charge in [-0.1, -0.05) is 30.4 Å². The van der Waals surface area contributed by atoms with Crippen molar-refractivity contribution in [2.24, 2.45) is 0 Å². The lowest BCUT2D eigenvalue weighted by atomic mass is 10.2. The highest BCUT2D eigenvalue weighted by Crippen LogP contribution is 2.56. The van der Waals surface area contributed by atoms with E-state index < -0.39 is 56.3 Å². The molecule has 0 saturated carbocycles. The molecule has 6 atom stereocenters. The van der Waals surface area contributed by atoms with Crippen molar-refractivity contribution in [3.05, 3.63) is 57.2 Å². The molecule has 2 aliphatic heterocycles. The SMILES string of the molecule is Cc1cn([C@H]2OC3(COP(=O)(N[C@@H](C)C(=O)OC(C)C)Oc4ccccc4)O[C@H]3C2F)c(=O)[nH]c1=S. The van der Waals surface area contributed by atoms with Crippen LogP contribution in [0.1, 0.15) is 32.6 Å². The molecule has 14 heteroatoms. The predicted octanol–water partition coefficient (Wildman–Crippen LogP) is 3.31. The fourth-order valence-electron chi connectivity index (χ4n) is 3.65. The minimum atomic E-state index is -4.22. The van der Waals surface area contributed by atoms with Gasteiger partial charge in [0.1, 0.15) is 23.0 Å². The maximum absolute atomic E-state index is 15.1. The van der Waals surface area contributed by atoms with Crippen molar-refractivity contribution in [1.82, 2.24) is 14.6 Å². The number of aryl methyl sites for hydroxylation is 1. The van der Waals surface area contributed by atoms with Gasteiger partial charge >= 0.3 is 19.4 Å². The molecule has 0 amide bonds. The van der Waals surface area contributed by atoms with E-state index in [1.165, 1.54) is 13.1 Å². The van der Waals surface area contributed by atoms with Crippen LogP contribution in [0.5, 0.6) is 5.75 Å². The van der Waals surface area contributed by atoms with Gasteiger partial charge in [-0.3, -0.25) is 18.9 Å². The Hall–Kier alpha value is -2.41. The first-order chi connectivity index (χ1) is 16.9. The van der Waals surface area contributed by atoms with E-state index in [1.54, 1.807) is 51.1 Å². The van der Waals surface area contributed by atoms with E-state index in [4.69, 9.17) is 35.5 Å². The molecule has 36 heavy (non-hydrogen) atoms. The van der Waals surface area contributed by atoms with Crippen LogP contribution in [-0.2, 0) is 28.1 Å². The number of ether oxygens (including phenoxy) is 3. The lowest BCUT2D eigenvalue weighted by Gasteiger charge is -2.25. The van der Waals surface area contributed by atoms with Crippen molar-refractivity contribution in [1.29, 1.82) is 0 Å². The molecule has 3 heterocycles. The Morgan fingerprint density at radius 2 is 2.00 bits per heavy atom. The molecule has 2 N–H and O–H groups in total. The fraction of sp³-hybridized carbons (Fsp3) is 0.500. The first kappa shape index (κ1) is 26.6.